The van der Waals surface area contributed by atoms with Gasteiger partial charge in [0.15, 0.2) is 23.2 Å². The molecule has 3 heterocycles. The number of aliphatic hydroxyl groups is 3. The van der Waals surface area contributed by atoms with Crippen molar-refractivity contribution in [3.05, 3.63) is 6.33 Å². The lowest BCUT2D eigenvalue weighted by molar-refractivity contribution is -0.308. The van der Waals surface area contributed by atoms with Crippen LogP contribution in [0.1, 0.15) is 6.23 Å². The molecule has 0 unspecified atom stereocenters. The van der Waals surface area contributed by atoms with Gasteiger partial charge in [0.25, 0.3) is 0 Å². The van der Waals surface area contributed by atoms with E-state index in [2.05, 4.69) is 15.0 Å². The van der Waals surface area contributed by atoms with Gasteiger partial charge in [-0.25, -0.2) is 15.0 Å². The molecule has 1 saturated heterocycles. The average Bonchev–Trinajstić information content (AvgIpc) is 2.99. The largest absolute Gasteiger partial charge is 0.805 e. The molecule has 1 aliphatic rings. The van der Waals surface area contributed by atoms with Crippen molar-refractivity contribution < 1.29 is 34.4 Å². The summed E-state index contributed by atoms with van der Waals surface area (Å²) < 4.78 is 17.5. The van der Waals surface area contributed by atoms with Crippen LogP contribution in [0.4, 0.5) is 5.82 Å². The summed E-state index contributed by atoms with van der Waals surface area (Å²) in [5.41, 5.74) is 4.30. The number of nitrogens with two attached hydrogens (primary N) is 1. The fourth-order valence-corrected chi connectivity index (χ4v) is 3.13. The van der Waals surface area contributed by atoms with Gasteiger partial charge in [0.1, 0.15) is 30.2 Å². The summed E-state index contributed by atoms with van der Waals surface area (Å²) in [6.45, 7) is -0.625. The number of hydrogen-bond donors (Lipinski definition) is 4. The van der Waals surface area contributed by atoms with Gasteiger partial charge in [0.05, 0.1) is 6.61 Å². The van der Waals surface area contributed by atoms with Crippen LogP contribution in [0.15, 0.2) is 6.33 Å². The van der Waals surface area contributed by atoms with Gasteiger partial charge in [-0.1, -0.05) is 0 Å². The van der Waals surface area contributed by atoms with E-state index in [0.29, 0.717) is 0 Å². The third kappa shape index (κ3) is 2.50. The van der Waals surface area contributed by atoms with Crippen LogP contribution in [0.25, 0.3) is 11.2 Å². The summed E-state index contributed by atoms with van der Waals surface area (Å²) in [6.07, 6.45) is -4.76. The van der Waals surface area contributed by atoms with Crippen LogP contribution in [0, 0.1) is 0 Å². The molecule has 23 heavy (non-hydrogen) atoms. The number of aromatic nitrogens is 4. The number of aliphatic hydroxyl groups excluding tert-OH is 3. The Balaban J connectivity index is 2.24. The molecule has 5 N–H and O–H groups in total. The molecule has 1 aliphatic heterocycles. The van der Waals surface area contributed by atoms with Crippen molar-refractivity contribution >= 4 is 30.1 Å². The van der Waals surface area contributed by atoms with Crippen LogP contribution in [-0.2, 0) is 9.30 Å². The molecular weight excluding hydrogens is 333 g/mol. The maximum atomic E-state index is 11.5. The number of fused-ring (bicyclic) bond motifs is 1. The predicted molar refractivity (Wildman–Crippen MR) is 70.0 cm³/mol. The Labute approximate surface area is 128 Å². The van der Waals surface area contributed by atoms with Crippen LogP contribution in [-0.4, -0.2) is 59.8 Å². The predicted octanol–water partition coefficient (Wildman–Crippen LogP) is -4.44. The first-order chi connectivity index (χ1) is 10.8. The van der Waals surface area contributed by atoms with Crippen molar-refractivity contribution in [1.82, 2.24) is 19.5 Å². The van der Waals surface area contributed by atoms with Gasteiger partial charge in [-0.05, 0) is 0 Å². The second kappa shape index (κ2) is 5.46. The number of rotatable bonds is 3. The van der Waals surface area contributed by atoms with Crippen molar-refractivity contribution in [3.63, 3.8) is 0 Å². The molecule has 0 saturated carbocycles. The first kappa shape index (κ1) is 16.2. The van der Waals surface area contributed by atoms with Crippen molar-refractivity contribution in [2.24, 2.45) is 0 Å². The van der Waals surface area contributed by atoms with Crippen molar-refractivity contribution in [3.8, 4) is 0 Å². The van der Waals surface area contributed by atoms with E-state index in [1.807, 2.05) is 0 Å². The smallest absolute Gasteiger partial charge is 0.168 e. The fraction of sp³-hybridized carbons (Fsp3) is 0.500. The number of hydrogen-bond acceptors (Lipinski definition) is 11. The number of anilines is 1. The molecule has 2 aromatic heterocycles. The number of nitrogen functional groups attached to an aromatic ring is 1. The lowest BCUT2D eigenvalue weighted by Crippen LogP contribution is -2.38. The van der Waals surface area contributed by atoms with E-state index in [-0.39, 0.29) is 17.0 Å². The molecule has 0 radical (unpaired) electrons. The highest BCUT2D eigenvalue weighted by Gasteiger charge is 2.45. The number of ether oxygens (including phenoxy) is 1. The lowest BCUT2D eigenvalue weighted by Gasteiger charge is -2.31. The van der Waals surface area contributed by atoms with Gasteiger partial charge >= 0.3 is 0 Å². The number of imidazole rings is 1. The quantitative estimate of drug-likeness (QED) is 0.391. The van der Waals surface area contributed by atoms with Gasteiger partial charge in [-0.15, -0.1) is 0 Å². The fourth-order valence-electron chi connectivity index (χ4n) is 2.44. The monoisotopic (exact) mass is 345 g/mol. The second-order valence-corrected chi connectivity index (χ2v) is 6.33. The molecular formula is C10H12N5O7P-2. The number of nitrogens with zero attached hydrogens (tertiary/aromatic N) is 4. The summed E-state index contributed by atoms with van der Waals surface area (Å²) >= 11 is 0. The van der Waals surface area contributed by atoms with Crippen LogP contribution < -0.4 is 21.1 Å². The highest BCUT2D eigenvalue weighted by atomic mass is 31.2. The third-order valence-corrected chi connectivity index (χ3v) is 4.31. The van der Waals surface area contributed by atoms with Crippen LogP contribution in [0.3, 0.4) is 0 Å². The summed E-state index contributed by atoms with van der Waals surface area (Å²) in [5.74, 6) is -0.171. The third-order valence-electron chi connectivity index (χ3n) is 3.50. The SMILES string of the molecule is Nc1ncnc2c1nc(P(=O)([O-])[O-])n2[C@@H]1O[C@H](CO)[C@@H](O)[C@H]1O. The summed E-state index contributed by atoms with van der Waals surface area (Å²) in [7, 11) is -5.38. The Hall–Kier alpha value is -1.66. The first-order valence-electron chi connectivity index (χ1n) is 6.39. The zero-order valence-corrected chi connectivity index (χ0v) is 12.3. The van der Waals surface area contributed by atoms with Crippen LogP contribution >= 0.6 is 7.60 Å². The highest BCUT2D eigenvalue weighted by molar-refractivity contribution is 7.57. The minimum Gasteiger partial charge on any atom is -0.805 e. The molecule has 12 nitrogen and oxygen atoms in total. The molecule has 1 fully saturated rings. The summed E-state index contributed by atoms with van der Waals surface area (Å²) in [5, 5.41) is 29.0. The van der Waals surface area contributed by atoms with Crippen LogP contribution in [0.2, 0.25) is 0 Å². The summed E-state index contributed by atoms with van der Waals surface area (Å²) in [4.78, 5) is 34.0. The zero-order chi connectivity index (χ0) is 16.9. The van der Waals surface area contributed by atoms with E-state index in [0.717, 1.165) is 10.9 Å². The molecule has 3 rings (SSSR count). The van der Waals surface area contributed by atoms with Gasteiger partial charge in [0.2, 0.25) is 0 Å². The highest BCUT2D eigenvalue weighted by Crippen LogP contribution is 2.35. The van der Waals surface area contributed by atoms with Gasteiger partial charge in [-0.3, -0.25) is 4.57 Å². The van der Waals surface area contributed by atoms with Gasteiger partial charge in [0, 0.05) is 7.60 Å². The maximum Gasteiger partial charge on any atom is 0.168 e. The van der Waals surface area contributed by atoms with Crippen LogP contribution in [0.5, 0.6) is 0 Å². The molecule has 4 atom stereocenters. The molecule has 0 aromatic carbocycles. The topological polar surface area (TPSA) is 203 Å². The normalized spacial score (nSPS) is 28.6. The van der Waals surface area contributed by atoms with E-state index in [1.54, 1.807) is 0 Å². The van der Waals surface area contributed by atoms with Gasteiger partial charge < -0.3 is 40.1 Å². The van der Waals surface area contributed by atoms with Crippen molar-refractivity contribution in [1.29, 1.82) is 0 Å². The lowest BCUT2D eigenvalue weighted by atomic mass is 10.1. The molecule has 126 valence electrons. The van der Waals surface area contributed by atoms with E-state index < -0.39 is 44.3 Å². The zero-order valence-electron chi connectivity index (χ0n) is 11.4. The Morgan fingerprint density at radius 1 is 1.35 bits per heavy atom. The van der Waals surface area contributed by atoms with E-state index in [4.69, 9.17) is 15.6 Å². The Bertz CT molecular complexity index is 791. The first-order valence-corrected chi connectivity index (χ1v) is 7.93. The Morgan fingerprint density at radius 2 is 2.04 bits per heavy atom. The van der Waals surface area contributed by atoms with Crippen molar-refractivity contribution in [2.75, 3.05) is 12.3 Å². The average molecular weight is 345 g/mol. The minimum absolute atomic E-state index is 0.158. The molecule has 0 aliphatic carbocycles. The molecule has 0 spiro atoms. The second-order valence-electron chi connectivity index (χ2n) is 4.94. The standard InChI is InChI=1S/C10H14N5O7P/c11-7-4-8(13-2-12-7)15(10(14-4)23(19,20)21)9-6(18)5(17)3(1-16)22-9/h2-3,5-6,9,16-18H,1H2,(H2,11,12,13)(H2,19,20,21)/p-2/t3-,5-,6-,9-/m1/s1. The van der Waals surface area contributed by atoms with E-state index in [1.165, 1.54) is 0 Å². The molecule has 0 bridgehead atoms. The molecule has 13 heteroatoms. The Kier molecular flexibility index (Phi) is 3.84. The maximum absolute atomic E-state index is 11.5. The van der Waals surface area contributed by atoms with Crippen molar-refractivity contribution in [2.45, 2.75) is 24.5 Å². The molecule has 0 amide bonds. The van der Waals surface area contributed by atoms with E-state index in [9.17, 15) is 24.6 Å². The Morgan fingerprint density at radius 3 is 2.61 bits per heavy atom. The minimum atomic E-state index is -5.38. The molecule has 2 aromatic rings. The van der Waals surface area contributed by atoms with Gasteiger partial charge in [-0.2, -0.15) is 0 Å². The van der Waals surface area contributed by atoms with E-state index >= 15 is 0 Å². The summed E-state index contributed by atoms with van der Waals surface area (Å²) in [6, 6.07) is 0.